The number of esters is 3. The summed E-state index contributed by atoms with van der Waals surface area (Å²) in [6.45, 7) is 6.00. The number of unbranched alkanes of at least 4 members (excludes halogenated alkanes) is 36. The largest absolute Gasteiger partial charge is 0.479 e. The fraction of sp³-hybridized carbons (Fsp3) is 0.826. The van der Waals surface area contributed by atoms with Crippen LogP contribution in [-0.4, -0.2) is 89.2 Å². The lowest BCUT2D eigenvalue weighted by atomic mass is 9.98. The summed E-state index contributed by atoms with van der Waals surface area (Å²) >= 11 is 0. The minimum absolute atomic E-state index is 0.0595. The number of aliphatic carboxylic acids is 1. The standard InChI is InChI=1S/C69H122O12/c1-4-7-10-13-16-19-22-25-27-29-31-33-35-38-40-43-46-49-52-55-61(70)77-58-60(79-62(71)56-53-50-47-44-41-37-24-21-18-15-12-9-6-3)59-78-69-67(65(74)64(73)66(81-69)68(75)76)80-63(72)57-54-51-48-45-42-39-36-34-32-30-28-26-23-20-17-14-11-8-5-2/h16,19,25-28,31,33,60,64-67,69,73-74H,4-15,17-18,20-24,29-30,32,34-59H2,1-3H3,(H,75,76)/b19-16-,27-25-,28-26-,33-31-. The van der Waals surface area contributed by atoms with E-state index in [-0.39, 0.29) is 25.9 Å². The van der Waals surface area contributed by atoms with E-state index in [1.54, 1.807) is 0 Å². The summed E-state index contributed by atoms with van der Waals surface area (Å²) in [4.78, 5) is 51.3. The van der Waals surface area contributed by atoms with Gasteiger partial charge >= 0.3 is 23.9 Å². The third kappa shape index (κ3) is 46.7. The summed E-state index contributed by atoms with van der Waals surface area (Å²) in [7, 11) is 0. The number of aliphatic hydroxyl groups excluding tert-OH is 2. The fourth-order valence-electron chi connectivity index (χ4n) is 10.2. The van der Waals surface area contributed by atoms with Crippen LogP contribution >= 0.6 is 0 Å². The third-order valence-electron chi connectivity index (χ3n) is 15.4. The number of hydrogen-bond acceptors (Lipinski definition) is 11. The zero-order valence-corrected chi connectivity index (χ0v) is 52.0. The Labute approximate surface area is 494 Å². The summed E-state index contributed by atoms with van der Waals surface area (Å²) in [5.41, 5.74) is 0. The van der Waals surface area contributed by atoms with Crippen molar-refractivity contribution in [1.29, 1.82) is 0 Å². The quantitative estimate of drug-likeness (QED) is 0.0228. The van der Waals surface area contributed by atoms with Crippen molar-refractivity contribution in [2.75, 3.05) is 13.2 Å². The minimum atomic E-state index is -1.90. The van der Waals surface area contributed by atoms with E-state index in [0.29, 0.717) is 19.3 Å². The molecule has 3 N–H and O–H groups in total. The van der Waals surface area contributed by atoms with Crippen molar-refractivity contribution in [3.63, 3.8) is 0 Å². The van der Waals surface area contributed by atoms with Crippen molar-refractivity contribution in [2.24, 2.45) is 0 Å². The Morgan fingerprint density at radius 1 is 0.407 bits per heavy atom. The molecule has 1 rings (SSSR count). The van der Waals surface area contributed by atoms with Gasteiger partial charge in [0.25, 0.3) is 0 Å². The average Bonchev–Trinajstić information content (AvgIpc) is 3.45. The molecule has 0 amide bonds. The van der Waals surface area contributed by atoms with E-state index >= 15 is 0 Å². The van der Waals surface area contributed by atoms with Crippen molar-refractivity contribution in [2.45, 2.75) is 353 Å². The number of carbonyl (C=O) groups is 4. The lowest BCUT2D eigenvalue weighted by Crippen LogP contribution is -2.61. The summed E-state index contributed by atoms with van der Waals surface area (Å²) in [5.74, 6) is -3.11. The van der Waals surface area contributed by atoms with E-state index < -0.39 is 67.3 Å². The van der Waals surface area contributed by atoms with Crippen LogP contribution in [0.5, 0.6) is 0 Å². The van der Waals surface area contributed by atoms with E-state index in [1.807, 2.05) is 0 Å². The van der Waals surface area contributed by atoms with Crippen molar-refractivity contribution >= 4 is 23.9 Å². The van der Waals surface area contributed by atoms with Gasteiger partial charge in [-0.2, -0.15) is 0 Å². The van der Waals surface area contributed by atoms with Crippen LogP contribution < -0.4 is 0 Å². The number of carbonyl (C=O) groups excluding carboxylic acids is 3. The number of carboxylic acid groups (broad SMARTS) is 1. The topological polar surface area (TPSA) is 175 Å². The van der Waals surface area contributed by atoms with Crippen LogP contribution in [0.25, 0.3) is 0 Å². The maximum atomic E-state index is 13.2. The van der Waals surface area contributed by atoms with Gasteiger partial charge in [-0.25, -0.2) is 4.79 Å². The van der Waals surface area contributed by atoms with Crippen molar-refractivity contribution in [3.05, 3.63) is 48.6 Å². The van der Waals surface area contributed by atoms with E-state index in [4.69, 9.17) is 23.7 Å². The molecule has 1 aliphatic rings. The van der Waals surface area contributed by atoms with Gasteiger partial charge in [0.15, 0.2) is 24.6 Å². The predicted molar refractivity (Wildman–Crippen MR) is 331 cm³/mol. The lowest BCUT2D eigenvalue weighted by molar-refractivity contribution is -0.301. The molecule has 12 heteroatoms. The Bertz CT molecular complexity index is 1590. The maximum Gasteiger partial charge on any atom is 0.335 e. The van der Waals surface area contributed by atoms with E-state index in [9.17, 15) is 34.5 Å². The normalized spacial score (nSPS) is 18.0. The molecular formula is C69H122O12. The van der Waals surface area contributed by atoms with Gasteiger partial charge < -0.3 is 39.0 Å². The Morgan fingerprint density at radius 3 is 1.16 bits per heavy atom. The van der Waals surface area contributed by atoms with Gasteiger partial charge in [0, 0.05) is 19.3 Å². The highest BCUT2D eigenvalue weighted by atomic mass is 16.7. The SMILES string of the molecule is CCCCC/C=C\C/C=C\C/C=C\CCCCCCCCC(=O)OCC(COC1OC(C(=O)O)C(O)C(O)C1OC(=O)CCCCCCCCCCC/C=C\CCCCCCCC)OC(=O)CCCCCCCCCCCCCCC. The number of allylic oxidation sites excluding steroid dienone is 8. The molecule has 0 aliphatic carbocycles. The molecule has 0 bridgehead atoms. The first-order chi connectivity index (χ1) is 39.6. The van der Waals surface area contributed by atoms with Crippen molar-refractivity contribution < 1.29 is 58.2 Å². The minimum Gasteiger partial charge on any atom is -0.479 e. The fourth-order valence-corrected chi connectivity index (χ4v) is 10.2. The van der Waals surface area contributed by atoms with E-state index in [1.165, 1.54) is 154 Å². The van der Waals surface area contributed by atoms with Crippen LogP contribution in [0.3, 0.4) is 0 Å². The van der Waals surface area contributed by atoms with E-state index in [2.05, 4.69) is 69.4 Å². The number of aliphatic hydroxyl groups is 2. The Kier molecular flexibility index (Phi) is 53.4. The highest BCUT2D eigenvalue weighted by molar-refractivity contribution is 5.74. The van der Waals surface area contributed by atoms with Gasteiger partial charge in [0.05, 0.1) is 6.61 Å². The number of ether oxygens (including phenoxy) is 5. The third-order valence-corrected chi connectivity index (χ3v) is 15.4. The summed E-state index contributed by atoms with van der Waals surface area (Å²) < 4.78 is 28.6. The van der Waals surface area contributed by atoms with Gasteiger partial charge in [-0.15, -0.1) is 0 Å². The highest BCUT2D eigenvalue weighted by Gasteiger charge is 2.50. The molecule has 0 aromatic carbocycles. The van der Waals surface area contributed by atoms with Crippen LogP contribution in [0, 0.1) is 0 Å². The van der Waals surface area contributed by atoms with Gasteiger partial charge in [-0.1, -0.05) is 262 Å². The number of hydrogen-bond donors (Lipinski definition) is 3. The van der Waals surface area contributed by atoms with E-state index in [0.717, 1.165) is 103 Å². The van der Waals surface area contributed by atoms with Crippen LogP contribution in [0.2, 0.25) is 0 Å². The van der Waals surface area contributed by atoms with Gasteiger partial charge in [-0.05, 0) is 83.5 Å². The molecule has 0 aromatic rings. The number of carboxylic acids is 1. The molecule has 1 heterocycles. The summed E-state index contributed by atoms with van der Waals surface area (Å²) in [6, 6.07) is 0. The molecule has 1 fully saturated rings. The maximum absolute atomic E-state index is 13.2. The smallest absolute Gasteiger partial charge is 0.335 e. The molecule has 6 atom stereocenters. The van der Waals surface area contributed by atoms with Gasteiger partial charge in [0.2, 0.25) is 0 Å². The predicted octanol–water partition coefficient (Wildman–Crippen LogP) is 18.1. The second-order valence-corrected chi connectivity index (χ2v) is 23.1. The first-order valence-electron chi connectivity index (χ1n) is 33.6. The molecule has 0 aromatic heterocycles. The highest BCUT2D eigenvalue weighted by Crippen LogP contribution is 2.27. The molecule has 470 valence electrons. The Morgan fingerprint density at radius 2 is 0.741 bits per heavy atom. The second-order valence-electron chi connectivity index (χ2n) is 23.1. The molecule has 81 heavy (non-hydrogen) atoms. The summed E-state index contributed by atoms with van der Waals surface area (Å²) in [6.07, 6.45) is 57.8. The van der Waals surface area contributed by atoms with Crippen LogP contribution in [0.4, 0.5) is 0 Å². The number of rotatable bonds is 58. The first kappa shape index (κ1) is 75.7. The van der Waals surface area contributed by atoms with Crippen LogP contribution in [0.1, 0.15) is 316 Å². The molecule has 0 radical (unpaired) electrons. The first-order valence-corrected chi connectivity index (χ1v) is 33.6. The molecule has 12 nitrogen and oxygen atoms in total. The lowest BCUT2D eigenvalue weighted by Gasteiger charge is -2.40. The molecular weight excluding hydrogens is 1020 g/mol. The van der Waals surface area contributed by atoms with Crippen LogP contribution in [0.15, 0.2) is 48.6 Å². The Balaban J connectivity index is 2.63. The molecule has 0 saturated carbocycles. The average molecular weight is 1140 g/mol. The monoisotopic (exact) mass is 1140 g/mol. The molecule has 1 aliphatic heterocycles. The van der Waals surface area contributed by atoms with Crippen molar-refractivity contribution in [1.82, 2.24) is 0 Å². The van der Waals surface area contributed by atoms with Crippen molar-refractivity contribution in [3.8, 4) is 0 Å². The van der Waals surface area contributed by atoms with Gasteiger partial charge in [0.1, 0.15) is 18.8 Å². The Hall–Kier alpha value is -3.32. The van der Waals surface area contributed by atoms with Crippen LogP contribution in [-0.2, 0) is 42.9 Å². The second kappa shape index (κ2) is 57.1. The molecule has 0 spiro atoms. The zero-order chi connectivity index (χ0) is 58.9. The summed E-state index contributed by atoms with van der Waals surface area (Å²) in [5, 5.41) is 31.6. The molecule has 1 saturated heterocycles. The zero-order valence-electron chi connectivity index (χ0n) is 52.0. The van der Waals surface area contributed by atoms with Gasteiger partial charge in [-0.3, -0.25) is 14.4 Å². The molecule has 6 unspecified atom stereocenters.